The highest BCUT2D eigenvalue weighted by molar-refractivity contribution is 7.71. The second kappa shape index (κ2) is 9.35. The number of anilines is 1. The molecule has 0 radical (unpaired) electrons. The first kappa shape index (κ1) is 21.9. The van der Waals surface area contributed by atoms with Gasteiger partial charge >= 0.3 is 5.97 Å². The maximum Gasteiger partial charge on any atom is 0.335 e. The smallest absolute Gasteiger partial charge is 0.335 e. The van der Waals surface area contributed by atoms with Crippen molar-refractivity contribution in [2.45, 2.75) is 20.0 Å². The van der Waals surface area contributed by atoms with E-state index in [0.29, 0.717) is 21.8 Å². The van der Waals surface area contributed by atoms with E-state index in [2.05, 4.69) is 15.7 Å². The Morgan fingerprint density at radius 3 is 2.42 bits per heavy atom. The summed E-state index contributed by atoms with van der Waals surface area (Å²) in [4.78, 5) is 35.7. The molecular weight excluding hydrogens is 418 g/mol. The molecule has 3 aromatic rings. The molecule has 0 spiro atoms. The average molecular weight is 439 g/mol. The van der Waals surface area contributed by atoms with Crippen molar-refractivity contribution in [3.05, 3.63) is 75.8 Å². The third-order valence-electron chi connectivity index (χ3n) is 4.64. The minimum Gasteiger partial charge on any atom is -0.478 e. The molecule has 3 N–H and O–H groups in total. The van der Waals surface area contributed by atoms with Gasteiger partial charge < -0.3 is 20.3 Å². The third kappa shape index (κ3) is 5.23. The highest BCUT2D eigenvalue weighted by atomic mass is 32.1. The normalized spacial score (nSPS) is 10.5. The van der Waals surface area contributed by atoms with Crippen LogP contribution >= 0.6 is 12.2 Å². The summed E-state index contributed by atoms with van der Waals surface area (Å²) in [6.07, 6.45) is 0. The van der Waals surface area contributed by atoms with Gasteiger partial charge in [-0.15, -0.1) is 0 Å². The van der Waals surface area contributed by atoms with E-state index in [1.165, 1.54) is 28.9 Å². The lowest BCUT2D eigenvalue weighted by atomic mass is 10.1. The molecule has 1 aromatic heterocycles. The molecule has 2 amide bonds. The quantitative estimate of drug-likeness (QED) is 0.487. The minimum atomic E-state index is -1.04. The fourth-order valence-corrected chi connectivity index (χ4v) is 3.12. The standard InChI is InChI=1S/C21H21N5O4S/c1-13-5-3-4-6-16(13)19(28)22-11-17-24-26(21(31)25(17)2)12-18(27)23-15-9-7-14(8-10-15)20(29)30/h3-10H,11-12H2,1-2H3,(H,22,28)(H,23,27)(H,29,30). The number of carbonyl (C=O) groups excluding carboxylic acids is 2. The SMILES string of the molecule is Cc1ccccc1C(=O)NCc1nn(CC(=O)Nc2ccc(C(=O)O)cc2)c(=S)n1C. The van der Waals surface area contributed by atoms with Gasteiger partial charge in [-0.1, -0.05) is 18.2 Å². The lowest BCUT2D eigenvalue weighted by molar-refractivity contribution is -0.116. The molecule has 9 nitrogen and oxygen atoms in total. The molecule has 0 aliphatic carbocycles. The van der Waals surface area contributed by atoms with Crippen LogP contribution in [0.25, 0.3) is 0 Å². The van der Waals surface area contributed by atoms with Crippen molar-refractivity contribution in [1.82, 2.24) is 19.7 Å². The molecule has 2 aromatic carbocycles. The van der Waals surface area contributed by atoms with Crippen LogP contribution in [0.4, 0.5) is 5.69 Å². The van der Waals surface area contributed by atoms with E-state index in [0.717, 1.165) is 5.56 Å². The Morgan fingerprint density at radius 1 is 1.10 bits per heavy atom. The minimum absolute atomic E-state index is 0.126. The number of carboxylic acid groups (broad SMARTS) is 1. The van der Waals surface area contributed by atoms with E-state index in [4.69, 9.17) is 17.3 Å². The molecule has 0 saturated carbocycles. The number of nitrogens with zero attached hydrogens (tertiary/aromatic N) is 3. The zero-order chi connectivity index (χ0) is 22.5. The molecule has 3 rings (SSSR count). The van der Waals surface area contributed by atoms with E-state index >= 15 is 0 Å². The Kier molecular flexibility index (Phi) is 6.61. The zero-order valence-corrected chi connectivity index (χ0v) is 17.8. The number of amides is 2. The van der Waals surface area contributed by atoms with Gasteiger partial charge in [-0.05, 0) is 55.0 Å². The summed E-state index contributed by atoms with van der Waals surface area (Å²) in [6, 6.07) is 13.1. The molecule has 0 aliphatic rings. The molecule has 0 atom stereocenters. The number of hydrogen-bond acceptors (Lipinski definition) is 5. The van der Waals surface area contributed by atoms with Crippen molar-refractivity contribution < 1.29 is 19.5 Å². The Labute approximate surface area is 183 Å². The van der Waals surface area contributed by atoms with Crippen LogP contribution in [0, 0.1) is 11.7 Å². The van der Waals surface area contributed by atoms with Crippen LogP contribution < -0.4 is 10.6 Å². The number of aromatic carboxylic acids is 1. The number of hydrogen-bond donors (Lipinski definition) is 3. The maximum absolute atomic E-state index is 12.4. The number of rotatable bonds is 7. The molecular formula is C21H21N5O4S. The summed E-state index contributed by atoms with van der Waals surface area (Å²) >= 11 is 5.34. The molecule has 160 valence electrons. The van der Waals surface area contributed by atoms with Gasteiger partial charge in [-0.25, -0.2) is 9.48 Å². The summed E-state index contributed by atoms with van der Waals surface area (Å²) in [6.45, 7) is 1.89. The van der Waals surface area contributed by atoms with Crippen LogP contribution in [0.3, 0.4) is 0 Å². The second-order valence-corrected chi connectivity index (χ2v) is 7.21. The predicted octanol–water partition coefficient (Wildman–Crippen LogP) is 2.53. The van der Waals surface area contributed by atoms with Gasteiger partial charge in [0, 0.05) is 18.3 Å². The van der Waals surface area contributed by atoms with Crippen LogP contribution in [-0.4, -0.2) is 37.2 Å². The number of carbonyl (C=O) groups is 3. The van der Waals surface area contributed by atoms with Gasteiger partial charge in [0.2, 0.25) is 5.91 Å². The van der Waals surface area contributed by atoms with Crippen molar-refractivity contribution >= 4 is 35.7 Å². The number of nitrogens with one attached hydrogen (secondary N) is 2. The summed E-state index contributed by atoms with van der Waals surface area (Å²) in [5.74, 6) is -1.13. The monoisotopic (exact) mass is 439 g/mol. The predicted molar refractivity (Wildman–Crippen MR) is 116 cm³/mol. The van der Waals surface area contributed by atoms with Gasteiger partial charge in [0.05, 0.1) is 12.1 Å². The van der Waals surface area contributed by atoms with E-state index in [9.17, 15) is 14.4 Å². The first-order chi connectivity index (χ1) is 14.8. The van der Waals surface area contributed by atoms with Crippen LogP contribution in [0.2, 0.25) is 0 Å². The average Bonchev–Trinajstić information content (AvgIpc) is 3.00. The summed E-state index contributed by atoms with van der Waals surface area (Å²) in [5.41, 5.74) is 2.04. The third-order valence-corrected chi connectivity index (χ3v) is 5.12. The molecule has 0 unspecified atom stereocenters. The van der Waals surface area contributed by atoms with Gasteiger partial charge in [0.25, 0.3) is 5.91 Å². The lowest BCUT2D eigenvalue weighted by Crippen LogP contribution is -2.25. The fraction of sp³-hybridized carbons (Fsp3) is 0.190. The Hall–Kier alpha value is -3.79. The van der Waals surface area contributed by atoms with Gasteiger partial charge in [-0.3, -0.25) is 9.59 Å². The summed E-state index contributed by atoms with van der Waals surface area (Å²) in [5, 5.41) is 18.8. The summed E-state index contributed by atoms with van der Waals surface area (Å²) in [7, 11) is 1.71. The first-order valence-electron chi connectivity index (χ1n) is 9.36. The zero-order valence-electron chi connectivity index (χ0n) is 17.0. The van der Waals surface area contributed by atoms with Crippen LogP contribution in [0.5, 0.6) is 0 Å². The fourth-order valence-electron chi connectivity index (χ4n) is 2.90. The molecule has 0 aliphatic heterocycles. The van der Waals surface area contributed by atoms with Crippen molar-refractivity contribution in [3.63, 3.8) is 0 Å². The summed E-state index contributed by atoms with van der Waals surface area (Å²) < 4.78 is 3.32. The van der Waals surface area contributed by atoms with Crippen LogP contribution in [-0.2, 0) is 24.9 Å². The van der Waals surface area contributed by atoms with Crippen LogP contribution in [0.1, 0.15) is 32.1 Å². The lowest BCUT2D eigenvalue weighted by Gasteiger charge is -2.07. The Balaban J connectivity index is 1.64. The van der Waals surface area contributed by atoms with E-state index < -0.39 is 5.97 Å². The van der Waals surface area contributed by atoms with Crippen molar-refractivity contribution in [2.24, 2.45) is 7.05 Å². The van der Waals surface area contributed by atoms with E-state index in [1.807, 2.05) is 19.1 Å². The molecule has 0 bridgehead atoms. The molecule has 0 fully saturated rings. The van der Waals surface area contributed by atoms with Crippen molar-refractivity contribution in [3.8, 4) is 0 Å². The highest BCUT2D eigenvalue weighted by Crippen LogP contribution is 2.10. The molecule has 1 heterocycles. The van der Waals surface area contributed by atoms with Gasteiger partial charge in [0.15, 0.2) is 10.6 Å². The topological polar surface area (TPSA) is 118 Å². The second-order valence-electron chi connectivity index (χ2n) is 6.84. The van der Waals surface area contributed by atoms with Crippen molar-refractivity contribution in [2.75, 3.05) is 5.32 Å². The van der Waals surface area contributed by atoms with Crippen LogP contribution in [0.15, 0.2) is 48.5 Å². The first-order valence-corrected chi connectivity index (χ1v) is 9.77. The van der Waals surface area contributed by atoms with Gasteiger partial charge in [0.1, 0.15) is 6.54 Å². The number of aryl methyl sites for hydroxylation is 1. The number of benzene rings is 2. The largest absolute Gasteiger partial charge is 0.478 e. The Morgan fingerprint density at radius 2 is 1.77 bits per heavy atom. The molecule has 31 heavy (non-hydrogen) atoms. The van der Waals surface area contributed by atoms with Crippen molar-refractivity contribution in [1.29, 1.82) is 0 Å². The Bertz CT molecular complexity index is 1200. The number of carboxylic acids is 1. The van der Waals surface area contributed by atoms with E-state index in [-0.39, 0.29) is 30.5 Å². The molecule has 0 saturated heterocycles. The number of aromatic nitrogens is 3. The highest BCUT2D eigenvalue weighted by Gasteiger charge is 2.14. The molecule has 10 heteroatoms. The van der Waals surface area contributed by atoms with E-state index in [1.54, 1.807) is 23.7 Å². The maximum atomic E-state index is 12.4. The van der Waals surface area contributed by atoms with Gasteiger partial charge in [-0.2, -0.15) is 5.10 Å².